The lowest BCUT2D eigenvalue weighted by atomic mass is 9.39. The fourth-order valence-corrected chi connectivity index (χ4v) is 7.66. The molecule has 0 radical (unpaired) electrons. The van der Waals surface area contributed by atoms with E-state index in [2.05, 4.69) is 20.8 Å². The van der Waals surface area contributed by atoms with Crippen LogP contribution in [0.5, 0.6) is 0 Å². The first-order valence-electron chi connectivity index (χ1n) is 10.2. The van der Waals surface area contributed by atoms with Crippen molar-refractivity contribution in [3.8, 4) is 0 Å². The predicted octanol–water partition coefficient (Wildman–Crippen LogP) is 3.06. The van der Waals surface area contributed by atoms with Gasteiger partial charge in [0.1, 0.15) is 6.61 Å². The summed E-state index contributed by atoms with van der Waals surface area (Å²) in [4.78, 5) is 24.4. The molecule has 4 aliphatic carbocycles. The third-order valence-corrected chi connectivity index (χ3v) is 9.36. The van der Waals surface area contributed by atoms with Crippen molar-refractivity contribution in [1.29, 1.82) is 0 Å². The summed E-state index contributed by atoms with van der Waals surface area (Å²) in [6.07, 6.45) is 7.15. The molecule has 4 nitrogen and oxygen atoms in total. The van der Waals surface area contributed by atoms with Crippen molar-refractivity contribution in [3.63, 3.8) is 0 Å². The fourth-order valence-electron chi connectivity index (χ4n) is 7.66. The molecular weight excluding hydrogens is 328 g/mol. The number of aliphatic hydroxyl groups excluding tert-OH is 2. The van der Waals surface area contributed by atoms with Gasteiger partial charge in [0.05, 0.1) is 6.10 Å². The van der Waals surface area contributed by atoms with E-state index in [0.717, 1.165) is 32.1 Å². The molecule has 0 aromatic carbocycles. The molecule has 3 fully saturated rings. The molecule has 0 amide bonds. The van der Waals surface area contributed by atoms with Crippen LogP contribution in [0.15, 0.2) is 11.6 Å². The second-order valence-electron chi connectivity index (χ2n) is 9.98. The van der Waals surface area contributed by atoms with Gasteiger partial charge in [-0.1, -0.05) is 26.3 Å². The average molecular weight is 360 g/mol. The first-order chi connectivity index (χ1) is 12.2. The van der Waals surface area contributed by atoms with Gasteiger partial charge in [-0.3, -0.25) is 9.59 Å². The third kappa shape index (κ3) is 2.09. The Morgan fingerprint density at radius 2 is 1.88 bits per heavy atom. The van der Waals surface area contributed by atoms with Crippen molar-refractivity contribution in [2.45, 2.75) is 71.8 Å². The van der Waals surface area contributed by atoms with E-state index < -0.39 is 12.7 Å². The molecule has 0 bridgehead atoms. The zero-order chi connectivity index (χ0) is 18.9. The molecule has 0 aromatic rings. The first-order valence-corrected chi connectivity index (χ1v) is 10.2. The van der Waals surface area contributed by atoms with Gasteiger partial charge >= 0.3 is 0 Å². The maximum Gasteiger partial charge on any atom is 0.161 e. The number of rotatable bonds is 2. The van der Waals surface area contributed by atoms with Crippen LogP contribution < -0.4 is 0 Å². The molecule has 4 heteroatoms. The topological polar surface area (TPSA) is 74.6 Å². The molecule has 3 saturated carbocycles. The van der Waals surface area contributed by atoms with Crippen molar-refractivity contribution in [2.75, 3.05) is 6.61 Å². The Kier molecular flexibility index (Phi) is 4.06. The number of fused-ring (bicyclic) bond motifs is 5. The van der Waals surface area contributed by atoms with Gasteiger partial charge in [-0.2, -0.15) is 0 Å². The molecule has 0 aromatic heterocycles. The lowest BCUT2D eigenvalue weighted by Crippen LogP contribution is -2.63. The minimum absolute atomic E-state index is 0.0586. The Balaban J connectivity index is 1.77. The van der Waals surface area contributed by atoms with Crippen LogP contribution in [0.2, 0.25) is 0 Å². The van der Waals surface area contributed by atoms with Crippen LogP contribution in [0, 0.1) is 34.0 Å². The molecule has 4 rings (SSSR count). The molecule has 0 aliphatic heterocycles. The Morgan fingerprint density at radius 1 is 1.15 bits per heavy atom. The summed E-state index contributed by atoms with van der Waals surface area (Å²) in [6.45, 7) is 6.28. The highest BCUT2D eigenvalue weighted by atomic mass is 16.3. The Labute approximate surface area is 156 Å². The van der Waals surface area contributed by atoms with Gasteiger partial charge in [-0.15, -0.1) is 0 Å². The lowest BCUT2D eigenvalue weighted by Gasteiger charge is -2.66. The second-order valence-corrected chi connectivity index (χ2v) is 9.98. The van der Waals surface area contributed by atoms with Gasteiger partial charge in [0.2, 0.25) is 0 Å². The Hall–Kier alpha value is -1.00. The molecule has 0 heterocycles. The highest BCUT2D eigenvalue weighted by Gasteiger charge is 2.68. The minimum atomic E-state index is -0.484. The molecule has 0 spiro atoms. The van der Waals surface area contributed by atoms with Crippen LogP contribution >= 0.6 is 0 Å². The van der Waals surface area contributed by atoms with Crippen molar-refractivity contribution in [2.24, 2.45) is 34.0 Å². The van der Waals surface area contributed by atoms with E-state index in [0.29, 0.717) is 24.7 Å². The van der Waals surface area contributed by atoms with E-state index in [4.69, 9.17) is 0 Å². The summed E-state index contributed by atoms with van der Waals surface area (Å²) < 4.78 is 0. The van der Waals surface area contributed by atoms with Crippen LogP contribution in [0.1, 0.15) is 65.7 Å². The van der Waals surface area contributed by atoms with E-state index in [-0.39, 0.29) is 33.7 Å². The number of allylic oxidation sites excluding steroid dienone is 1. The predicted molar refractivity (Wildman–Crippen MR) is 98.3 cm³/mol. The molecule has 4 aliphatic rings. The minimum Gasteiger partial charge on any atom is -0.392 e. The lowest BCUT2D eigenvalue weighted by molar-refractivity contribution is -0.191. The van der Waals surface area contributed by atoms with Gasteiger partial charge in [-0.25, -0.2) is 0 Å². The van der Waals surface area contributed by atoms with Gasteiger partial charge in [-0.05, 0) is 67.3 Å². The number of hydrogen-bond acceptors (Lipinski definition) is 4. The molecule has 7 unspecified atom stereocenters. The van der Waals surface area contributed by atoms with E-state index in [9.17, 15) is 19.8 Å². The zero-order valence-electron chi connectivity index (χ0n) is 16.3. The Morgan fingerprint density at radius 3 is 2.58 bits per heavy atom. The summed E-state index contributed by atoms with van der Waals surface area (Å²) in [5.74, 6) is 0.811. The number of aliphatic hydroxyl groups is 2. The van der Waals surface area contributed by atoms with Crippen LogP contribution in [0.3, 0.4) is 0 Å². The summed E-state index contributed by atoms with van der Waals surface area (Å²) in [7, 11) is 0. The van der Waals surface area contributed by atoms with Crippen LogP contribution in [0.25, 0.3) is 0 Å². The maximum atomic E-state index is 12.4. The Bertz CT molecular complexity index is 682. The number of carbonyl (C=O) groups excluding carboxylic acids is 2. The highest BCUT2D eigenvalue weighted by Crippen LogP contribution is 2.71. The van der Waals surface area contributed by atoms with Gasteiger partial charge < -0.3 is 10.2 Å². The highest BCUT2D eigenvalue weighted by molar-refractivity contribution is 5.91. The number of carbonyl (C=O) groups is 2. The van der Waals surface area contributed by atoms with E-state index in [1.807, 2.05) is 6.08 Å². The monoisotopic (exact) mass is 360 g/mol. The molecule has 0 saturated heterocycles. The number of ketones is 2. The number of hydrogen-bond donors (Lipinski definition) is 2. The first kappa shape index (κ1) is 18.4. The van der Waals surface area contributed by atoms with Crippen LogP contribution in [-0.4, -0.2) is 34.5 Å². The van der Waals surface area contributed by atoms with E-state index >= 15 is 0 Å². The average Bonchev–Trinajstić information content (AvgIpc) is 2.93. The SMILES string of the molecule is CC12CC(O)C3(C)C(CCC4=CC(=O)CCC43C)C1CCC2C(=O)CO. The standard InChI is InChI=1S/C22H32O4/c1-20-11-19(26)22(3)16(15(20)6-7-17(20)18(25)12-23)5-4-13-10-14(24)8-9-21(13,22)2/h10,15-17,19,23,26H,4-9,11-12H2,1-3H3. The van der Waals surface area contributed by atoms with Crippen LogP contribution in [-0.2, 0) is 9.59 Å². The van der Waals surface area contributed by atoms with Gasteiger partial charge in [0.25, 0.3) is 0 Å². The van der Waals surface area contributed by atoms with Crippen molar-refractivity contribution in [3.05, 3.63) is 11.6 Å². The summed E-state index contributed by atoms with van der Waals surface area (Å²) in [6, 6.07) is 0. The molecule has 26 heavy (non-hydrogen) atoms. The largest absolute Gasteiger partial charge is 0.392 e. The molecule has 2 N–H and O–H groups in total. The van der Waals surface area contributed by atoms with Crippen molar-refractivity contribution < 1.29 is 19.8 Å². The summed E-state index contributed by atoms with van der Waals surface area (Å²) >= 11 is 0. The maximum absolute atomic E-state index is 12.4. The van der Waals surface area contributed by atoms with Crippen molar-refractivity contribution in [1.82, 2.24) is 0 Å². The van der Waals surface area contributed by atoms with Crippen LogP contribution in [0.4, 0.5) is 0 Å². The molecule has 7 atom stereocenters. The second kappa shape index (κ2) is 5.75. The summed E-state index contributed by atoms with van der Waals surface area (Å²) in [5.41, 5.74) is 0.630. The summed E-state index contributed by atoms with van der Waals surface area (Å²) in [5, 5.41) is 20.8. The van der Waals surface area contributed by atoms with Gasteiger partial charge in [0, 0.05) is 17.8 Å². The van der Waals surface area contributed by atoms with Gasteiger partial charge in [0.15, 0.2) is 11.6 Å². The normalized spacial score (nSPS) is 50.5. The number of Topliss-reactive ketones (excluding diaryl/α,β-unsaturated/α-hetero) is 1. The quantitative estimate of drug-likeness (QED) is 0.794. The fraction of sp³-hybridized carbons (Fsp3) is 0.818. The molecular formula is C22H32O4. The van der Waals surface area contributed by atoms with Crippen molar-refractivity contribution >= 4 is 11.6 Å². The smallest absolute Gasteiger partial charge is 0.161 e. The zero-order valence-corrected chi connectivity index (χ0v) is 16.3. The van der Waals surface area contributed by atoms with E-state index in [1.165, 1.54) is 5.57 Å². The van der Waals surface area contributed by atoms with E-state index in [1.54, 1.807) is 0 Å². The third-order valence-electron chi connectivity index (χ3n) is 9.36. The molecule has 144 valence electrons.